The molecule has 1 heterocycles. The number of rotatable bonds is 5. The first-order valence-electron chi connectivity index (χ1n) is 8.64. The monoisotopic (exact) mass is 297 g/mol. The zero-order valence-electron chi connectivity index (χ0n) is 14.0. The van der Waals surface area contributed by atoms with Crippen molar-refractivity contribution in [3.63, 3.8) is 0 Å². The first-order valence-corrected chi connectivity index (χ1v) is 8.64. The Balaban J connectivity index is 2.07. The molecule has 3 heteroatoms. The van der Waals surface area contributed by atoms with Crippen LogP contribution in [0.5, 0.6) is 0 Å². The second-order valence-corrected chi connectivity index (χ2v) is 6.29. The van der Waals surface area contributed by atoms with E-state index in [0.29, 0.717) is 6.04 Å². The third kappa shape index (κ3) is 2.90. The van der Waals surface area contributed by atoms with Crippen molar-refractivity contribution in [1.29, 1.82) is 0 Å². The van der Waals surface area contributed by atoms with Crippen LogP contribution in [0.3, 0.4) is 0 Å². The van der Waals surface area contributed by atoms with Gasteiger partial charge in [-0.1, -0.05) is 25.0 Å². The molecule has 0 radical (unpaired) electrons. The van der Waals surface area contributed by atoms with E-state index in [-0.39, 0.29) is 0 Å². The molecule has 1 aromatic heterocycles. The molecule has 1 aromatic carbocycles. The molecule has 1 fully saturated rings. The maximum Gasteiger partial charge on any atom is 0.136 e. The molecule has 0 unspecified atom stereocenters. The van der Waals surface area contributed by atoms with Crippen LogP contribution in [0.15, 0.2) is 24.3 Å². The zero-order chi connectivity index (χ0) is 15.5. The fourth-order valence-electron chi connectivity index (χ4n) is 3.56. The predicted octanol–water partition coefficient (Wildman–Crippen LogP) is 4.74. The van der Waals surface area contributed by atoms with E-state index in [1.165, 1.54) is 42.1 Å². The second-order valence-electron chi connectivity index (χ2n) is 6.29. The Labute approximate surface area is 133 Å². The van der Waals surface area contributed by atoms with Gasteiger partial charge in [-0.15, -0.1) is 0 Å². The highest BCUT2D eigenvalue weighted by Gasteiger charge is 2.17. The molecule has 0 bridgehead atoms. The third-order valence-corrected chi connectivity index (χ3v) is 4.76. The van der Waals surface area contributed by atoms with Gasteiger partial charge in [0.2, 0.25) is 0 Å². The summed E-state index contributed by atoms with van der Waals surface area (Å²) in [4.78, 5) is 7.16. The number of fused-ring (bicyclic) bond motifs is 1. The highest BCUT2D eigenvalue weighted by molar-refractivity contribution is 6.00. The summed E-state index contributed by atoms with van der Waals surface area (Å²) in [6.45, 7) is 8.46. The van der Waals surface area contributed by atoms with Crippen molar-refractivity contribution < 1.29 is 0 Å². The predicted molar refractivity (Wildman–Crippen MR) is 95.9 cm³/mol. The van der Waals surface area contributed by atoms with E-state index in [2.05, 4.69) is 55.3 Å². The number of pyridine rings is 1. The number of aromatic nitrogens is 1. The average Bonchev–Trinajstić information content (AvgIpc) is 3.02. The first kappa shape index (κ1) is 15.1. The molecule has 0 saturated heterocycles. The van der Waals surface area contributed by atoms with Gasteiger partial charge in [0.1, 0.15) is 5.82 Å². The van der Waals surface area contributed by atoms with Gasteiger partial charge in [-0.2, -0.15) is 0 Å². The molecule has 1 N–H and O–H groups in total. The molecule has 2 aromatic rings. The molecular formula is C19H27N3. The third-order valence-electron chi connectivity index (χ3n) is 4.76. The van der Waals surface area contributed by atoms with Crippen LogP contribution < -0.4 is 10.2 Å². The maximum atomic E-state index is 4.81. The number of hydrogen-bond donors (Lipinski definition) is 1. The van der Waals surface area contributed by atoms with E-state index in [9.17, 15) is 0 Å². The molecule has 0 atom stereocenters. The highest BCUT2D eigenvalue weighted by Crippen LogP contribution is 2.32. The van der Waals surface area contributed by atoms with Crippen molar-refractivity contribution in [1.82, 2.24) is 4.98 Å². The van der Waals surface area contributed by atoms with Crippen LogP contribution in [0.25, 0.3) is 10.8 Å². The normalized spacial score (nSPS) is 15.4. The number of nitrogens with zero attached hydrogens (tertiary/aromatic N) is 2. The summed E-state index contributed by atoms with van der Waals surface area (Å²) in [6.07, 6.45) is 5.30. The van der Waals surface area contributed by atoms with Crippen molar-refractivity contribution in [3.05, 3.63) is 30.0 Å². The zero-order valence-corrected chi connectivity index (χ0v) is 14.0. The maximum absolute atomic E-state index is 4.81. The molecular weight excluding hydrogens is 270 g/mol. The van der Waals surface area contributed by atoms with E-state index >= 15 is 0 Å². The summed E-state index contributed by atoms with van der Waals surface area (Å²) in [6, 6.07) is 9.43. The molecule has 0 amide bonds. The Morgan fingerprint density at radius 3 is 2.55 bits per heavy atom. The lowest BCUT2D eigenvalue weighted by Crippen LogP contribution is -2.23. The quantitative estimate of drug-likeness (QED) is 0.863. The van der Waals surface area contributed by atoms with E-state index in [1.54, 1.807) is 0 Å². The number of hydrogen-bond acceptors (Lipinski definition) is 3. The minimum Gasteiger partial charge on any atom is -0.382 e. The summed E-state index contributed by atoms with van der Waals surface area (Å²) in [5.41, 5.74) is 2.36. The molecule has 1 aliphatic rings. The topological polar surface area (TPSA) is 28.2 Å². The molecule has 1 aliphatic carbocycles. The van der Waals surface area contributed by atoms with Crippen LogP contribution in [-0.4, -0.2) is 24.1 Å². The molecule has 1 saturated carbocycles. The standard InChI is InChI=1S/C19H27N3/c1-4-22(5-2)19-16-11-8-12-18(17(16)13-14(3)20-19)21-15-9-6-7-10-15/h8,11-13,15,21H,4-7,9-10H2,1-3H3. The van der Waals surface area contributed by atoms with Crippen LogP contribution in [0.2, 0.25) is 0 Å². The number of anilines is 2. The molecule has 3 rings (SSSR count). The largest absolute Gasteiger partial charge is 0.382 e. The SMILES string of the molecule is CCN(CC)c1nc(C)cc2c(NC3CCCC3)cccc12. The van der Waals surface area contributed by atoms with Gasteiger partial charge in [-0.3, -0.25) is 0 Å². The first-order chi connectivity index (χ1) is 10.7. The average molecular weight is 297 g/mol. The Morgan fingerprint density at radius 2 is 1.86 bits per heavy atom. The van der Waals surface area contributed by atoms with Crippen LogP contribution in [0.1, 0.15) is 45.2 Å². The molecule has 0 aliphatic heterocycles. The minimum absolute atomic E-state index is 0.635. The lowest BCUT2D eigenvalue weighted by atomic mass is 10.1. The molecule has 0 spiro atoms. The smallest absolute Gasteiger partial charge is 0.136 e. The summed E-state index contributed by atoms with van der Waals surface area (Å²) >= 11 is 0. The van der Waals surface area contributed by atoms with Crippen molar-refractivity contribution >= 4 is 22.3 Å². The van der Waals surface area contributed by atoms with Gasteiger partial charge >= 0.3 is 0 Å². The van der Waals surface area contributed by atoms with Gasteiger partial charge < -0.3 is 10.2 Å². The van der Waals surface area contributed by atoms with Crippen LogP contribution in [0.4, 0.5) is 11.5 Å². The van der Waals surface area contributed by atoms with E-state index in [1.807, 2.05) is 0 Å². The molecule has 3 nitrogen and oxygen atoms in total. The summed E-state index contributed by atoms with van der Waals surface area (Å²) in [7, 11) is 0. The Hall–Kier alpha value is -1.77. The van der Waals surface area contributed by atoms with Crippen LogP contribution >= 0.6 is 0 Å². The fourth-order valence-corrected chi connectivity index (χ4v) is 3.56. The highest BCUT2D eigenvalue weighted by atomic mass is 15.2. The Bertz CT molecular complexity index is 640. The number of benzene rings is 1. The lowest BCUT2D eigenvalue weighted by Gasteiger charge is -2.23. The minimum atomic E-state index is 0.635. The van der Waals surface area contributed by atoms with E-state index in [0.717, 1.165) is 24.6 Å². The van der Waals surface area contributed by atoms with Crippen LogP contribution in [0, 0.1) is 6.92 Å². The summed E-state index contributed by atoms with van der Waals surface area (Å²) in [5.74, 6) is 1.12. The van der Waals surface area contributed by atoms with Gasteiger partial charge in [-0.25, -0.2) is 4.98 Å². The van der Waals surface area contributed by atoms with Crippen molar-refractivity contribution in [3.8, 4) is 0 Å². The lowest BCUT2D eigenvalue weighted by molar-refractivity contribution is 0.756. The van der Waals surface area contributed by atoms with Gasteiger partial charge in [0.05, 0.1) is 0 Å². The van der Waals surface area contributed by atoms with Gasteiger partial charge in [0.25, 0.3) is 0 Å². The molecule has 118 valence electrons. The van der Waals surface area contributed by atoms with Gasteiger partial charge in [0.15, 0.2) is 0 Å². The molecule has 22 heavy (non-hydrogen) atoms. The van der Waals surface area contributed by atoms with Crippen molar-refractivity contribution in [2.24, 2.45) is 0 Å². The van der Waals surface area contributed by atoms with E-state index < -0.39 is 0 Å². The summed E-state index contributed by atoms with van der Waals surface area (Å²) < 4.78 is 0. The number of aryl methyl sites for hydroxylation is 1. The Kier molecular flexibility index (Phi) is 4.51. The van der Waals surface area contributed by atoms with Crippen LogP contribution in [-0.2, 0) is 0 Å². The second kappa shape index (κ2) is 6.55. The fraction of sp³-hybridized carbons (Fsp3) is 0.526. The van der Waals surface area contributed by atoms with E-state index in [4.69, 9.17) is 4.98 Å². The van der Waals surface area contributed by atoms with Gasteiger partial charge in [0, 0.05) is 41.3 Å². The Morgan fingerprint density at radius 1 is 1.14 bits per heavy atom. The van der Waals surface area contributed by atoms with Crippen molar-refractivity contribution in [2.75, 3.05) is 23.3 Å². The van der Waals surface area contributed by atoms with Gasteiger partial charge in [-0.05, 0) is 45.7 Å². The van der Waals surface area contributed by atoms with Crippen molar-refractivity contribution in [2.45, 2.75) is 52.5 Å². The summed E-state index contributed by atoms with van der Waals surface area (Å²) in [5, 5.41) is 6.34. The number of nitrogens with one attached hydrogen (secondary N) is 1.